The van der Waals surface area contributed by atoms with Gasteiger partial charge in [-0.05, 0) is 24.3 Å². The van der Waals surface area contributed by atoms with Crippen molar-refractivity contribution in [1.29, 1.82) is 0 Å². The smallest absolute Gasteiger partial charge is 0.234 e. The Hall–Kier alpha value is -2.15. The number of halogens is 1. The number of anilines is 2. The van der Waals surface area contributed by atoms with Crippen molar-refractivity contribution in [1.82, 2.24) is 9.97 Å². The van der Waals surface area contributed by atoms with E-state index in [1.165, 1.54) is 30.2 Å². The molecule has 0 aliphatic heterocycles. The fourth-order valence-electron chi connectivity index (χ4n) is 1.34. The Bertz CT molecular complexity index is 579. The number of thioether (sulfide) groups is 1. The summed E-state index contributed by atoms with van der Waals surface area (Å²) < 4.78 is 12.8. The van der Waals surface area contributed by atoms with E-state index < -0.39 is 5.82 Å². The molecule has 1 aromatic carbocycles. The second-order valence-electron chi connectivity index (χ2n) is 3.62. The van der Waals surface area contributed by atoms with Crippen LogP contribution in [0.5, 0.6) is 0 Å². The first kappa shape index (κ1) is 13.3. The van der Waals surface area contributed by atoms with Crippen molar-refractivity contribution < 1.29 is 9.18 Å². The quantitative estimate of drug-likeness (QED) is 0.507. The van der Waals surface area contributed by atoms with Crippen LogP contribution in [0.15, 0.2) is 41.8 Å². The van der Waals surface area contributed by atoms with Gasteiger partial charge in [0.25, 0.3) is 0 Å². The molecule has 1 aromatic heterocycles. The van der Waals surface area contributed by atoms with E-state index in [1.54, 1.807) is 12.3 Å². The number of carbonyl (C=O) groups excluding carboxylic acids is 1. The van der Waals surface area contributed by atoms with Crippen molar-refractivity contribution in [3.63, 3.8) is 0 Å². The van der Waals surface area contributed by atoms with Crippen LogP contribution >= 0.6 is 11.8 Å². The molecular weight excluding hydrogens is 267 g/mol. The zero-order valence-electron chi connectivity index (χ0n) is 9.84. The second-order valence-corrected chi connectivity index (χ2v) is 4.61. The molecule has 0 saturated carbocycles. The first-order chi connectivity index (χ1) is 9.15. The van der Waals surface area contributed by atoms with Crippen molar-refractivity contribution in [3.8, 4) is 0 Å². The van der Waals surface area contributed by atoms with Gasteiger partial charge in [-0.1, -0.05) is 11.8 Å². The Balaban J connectivity index is 1.91. The fourth-order valence-corrected chi connectivity index (χ4v) is 1.97. The van der Waals surface area contributed by atoms with Crippen molar-refractivity contribution in [3.05, 3.63) is 42.6 Å². The standard InChI is InChI=1S/C12H11FN4OS/c13-8-1-2-10(9(14)5-8)17-11(18)6-19-12-3-4-15-7-16-12/h1-5,7H,6,14H2,(H,17,18). The Labute approximate surface area is 113 Å². The molecule has 0 spiro atoms. The van der Waals surface area contributed by atoms with Gasteiger partial charge in [0, 0.05) is 6.20 Å². The largest absolute Gasteiger partial charge is 0.397 e. The topological polar surface area (TPSA) is 80.9 Å². The molecule has 0 radical (unpaired) electrons. The lowest BCUT2D eigenvalue weighted by Gasteiger charge is -2.07. The number of aromatic nitrogens is 2. The lowest BCUT2D eigenvalue weighted by molar-refractivity contribution is -0.113. The van der Waals surface area contributed by atoms with E-state index in [0.29, 0.717) is 10.7 Å². The maximum atomic E-state index is 12.8. The predicted molar refractivity (Wildman–Crippen MR) is 72.2 cm³/mol. The van der Waals surface area contributed by atoms with Gasteiger partial charge in [-0.3, -0.25) is 4.79 Å². The SMILES string of the molecule is Nc1cc(F)ccc1NC(=O)CSc1ccncn1. The highest BCUT2D eigenvalue weighted by Gasteiger charge is 2.07. The normalized spacial score (nSPS) is 10.2. The summed E-state index contributed by atoms with van der Waals surface area (Å²) in [5, 5.41) is 3.32. The van der Waals surface area contributed by atoms with Gasteiger partial charge in [-0.2, -0.15) is 0 Å². The summed E-state index contributed by atoms with van der Waals surface area (Å²) in [5.74, 6) is -0.485. The maximum absolute atomic E-state index is 12.8. The second kappa shape index (κ2) is 6.14. The van der Waals surface area contributed by atoms with Crippen molar-refractivity contribution >= 4 is 29.0 Å². The molecule has 2 aromatic rings. The van der Waals surface area contributed by atoms with Gasteiger partial charge in [-0.15, -0.1) is 0 Å². The summed E-state index contributed by atoms with van der Waals surface area (Å²) in [6.07, 6.45) is 3.02. The van der Waals surface area contributed by atoms with Crippen LogP contribution in [0.4, 0.5) is 15.8 Å². The lowest BCUT2D eigenvalue weighted by Crippen LogP contribution is -2.15. The van der Waals surface area contributed by atoms with Crippen LogP contribution < -0.4 is 11.1 Å². The summed E-state index contributed by atoms with van der Waals surface area (Å²) >= 11 is 1.28. The Morgan fingerprint density at radius 1 is 1.42 bits per heavy atom. The number of benzene rings is 1. The molecule has 0 atom stereocenters. The highest BCUT2D eigenvalue weighted by atomic mass is 32.2. The number of rotatable bonds is 4. The Morgan fingerprint density at radius 2 is 2.26 bits per heavy atom. The zero-order chi connectivity index (χ0) is 13.7. The van der Waals surface area contributed by atoms with Gasteiger partial charge in [0.1, 0.15) is 12.1 Å². The first-order valence-corrected chi connectivity index (χ1v) is 6.37. The fraction of sp³-hybridized carbons (Fsp3) is 0.0833. The number of hydrogen-bond acceptors (Lipinski definition) is 5. The van der Waals surface area contributed by atoms with Crippen LogP contribution in [0.25, 0.3) is 0 Å². The van der Waals surface area contributed by atoms with Gasteiger partial charge in [0.05, 0.1) is 22.2 Å². The first-order valence-electron chi connectivity index (χ1n) is 5.39. The van der Waals surface area contributed by atoms with Crippen LogP contribution in [0, 0.1) is 5.82 Å². The van der Waals surface area contributed by atoms with Gasteiger partial charge in [-0.25, -0.2) is 14.4 Å². The molecule has 19 heavy (non-hydrogen) atoms. The third-order valence-corrected chi connectivity index (χ3v) is 3.14. The number of amides is 1. The molecular formula is C12H11FN4OS. The summed E-state index contributed by atoms with van der Waals surface area (Å²) in [5.41, 5.74) is 6.19. The van der Waals surface area contributed by atoms with Crippen LogP contribution in [0.2, 0.25) is 0 Å². The zero-order valence-corrected chi connectivity index (χ0v) is 10.7. The van der Waals surface area contributed by atoms with E-state index in [-0.39, 0.29) is 17.3 Å². The molecule has 0 fully saturated rings. The highest BCUT2D eigenvalue weighted by molar-refractivity contribution is 7.99. The average Bonchev–Trinajstić information content (AvgIpc) is 2.41. The predicted octanol–water partition coefficient (Wildman–Crippen LogP) is 1.93. The van der Waals surface area contributed by atoms with Crippen LogP contribution in [0.1, 0.15) is 0 Å². The Kier molecular flexibility index (Phi) is 4.30. The lowest BCUT2D eigenvalue weighted by atomic mass is 10.2. The van der Waals surface area contributed by atoms with Gasteiger partial charge in [0.15, 0.2) is 0 Å². The van der Waals surface area contributed by atoms with Gasteiger partial charge >= 0.3 is 0 Å². The molecule has 2 rings (SSSR count). The van der Waals surface area contributed by atoms with Crippen LogP contribution in [-0.4, -0.2) is 21.6 Å². The number of nitrogens with zero attached hydrogens (tertiary/aromatic N) is 2. The number of carbonyl (C=O) groups is 1. The summed E-state index contributed by atoms with van der Waals surface area (Å²) in [6.45, 7) is 0. The number of hydrogen-bond donors (Lipinski definition) is 2. The van der Waals surface area contributed by atoms with E-state index in [4.69, 9.17) is 5.73 Å². The van der Waals surface area contributed by atoms with E-state index in [0.717, 1.165) is 6.07 Å². The molecule has 7 heteroatoms. The molecule has 0 aliphatic rings. The minimum atomic E-state index is -0.439. The van der Waals surface area contributed by atoms with Crippen LogP contribution in [0.3, 0.4) is 0 Å². The molecule has 0 aliphatic carbocycles. The third kappa shape index (κ3) is 3.92. The van der Waals surface area contributed by atoms with Gasteiger partial charge < -0.3 is 11.1 Å². The number of nitrogens with one attached hydrogen (secondary N) is 1. The number of nitrogens with two attached hydrogens (primary N) is 1. The maximum Gasteiger partial charge on any atom is 0.234 e. The van der Waals surface area contributed by atoms with Crippen LogP contribution in [-0.2, 0) is 4.79 Å². The molecule has 1 amide bonds. The molecule has 98 valence electrons. The van der Waals surface area contributed by atoms with Crippen molar-refractivity contribution in [2.75, 3.05) is 16.8 Å². The third-order valence-electron chi connectivity index (χ3n) is 2.19. The van der Waals surface area contributed by atoms with E-state index in [1.807, 2.05) is 0 Å². The molecule has 5 nitrogen and oxygen atoms in total. The molecule has 0 saturated heterocycles. The Morgan fingerprint density at radius 3 is 2.95 bits per heavy atom. The van der Waals surface area contributed by atoms with E-state index >= 15 is 0 Å². The highest BCUT2D eigenvalue weighted by Crippen LogP contribution is 2.20. The van der Waals surface area contributed by atoms with Crippen molar-refractivity contribution in [2.24, 2.45) is 0 Å². The minimum absolute atomic E-state index is 0.188. The summed E-state index contributed by atoms with van der Waals surface area (Å²) in [6, 6.07) is 5.54. The molecule has 0 unspecified atom stereocenters. The summed E-state index contributed by atoms with van der Waals surface area (Å²) in [4.78, 5) is 19.5. The number of nitrogen functional groups attached to an aromatic ring is 1. The van der Waals surface area contributed by atoms with E-state index in [2.05, 4.69) is 15.3 Å². The molecule has 0 bridgehead atoms. The van der Waals surface area contributed by atoms with Crippen molar-refractivity contribution in [2.45, 2.75) is 5.03 Å². The van der Waals surface area contributed by atoms with Gasteiger partial charge in [0.2, 0.25) is 5.91 Å². The molecule has 1 heterocycles. The minimum Gasteiger partial charge on any atom is -0.397 e. The van der Waals surface area contributed by atoms with E-state index in [9.17, 15) is 9.18 Å². The average molecular weight is 278 g/mol. The monoisotopic (exact) mass is 278 g/mol. The summed E-state index contributed by atoms with van der Waals surface area (Å²) in [7, 11) is 0. The molecule has 3 N–H and O–H groups in total.